The van der Waals surface area contributed by atoms with Gasteiger partial charge in [-0.05, 0) is 32.2 Å². The Morgan fingerprint density at radius 1 is 1.40 bits per heavy atom. The van der Waals surface area contributed by atoms with Crippen molar-refractivity contribution in [2.24, 2.45) is 5.92 Å². The lowest BCUT2D eigenvalue weighted by Crippen LogP contribution is -2.30. The molecule has 1 fully saturated rings. The van der Waals surface area contributed by atoms with Crippen LogP contribution in [0.4, 0.5) is 0 Å². The first-order valence-corrected chi connectivity index (χ1v) is 6.20. The average molecular weight is 215 g/mol. The molecule has 15 heavy (non-hydrogen) atoms. The molecule has 1 rings (SSSR count). The molecule has 1 aliphatic heterocycles. The monoisotopic (exact) mass is 215 g/mol. The fourth-order valence-electron chi connectivity index (χ4n) is 1.98. The summed E-state index contributed by atoms with van der Waals surface area (Å²) in [6.45, 7) is 5.92. The zero-order chi connectivity index (χ0) is 10.9. The molecule has 0 aromatic carbocycles. The van der Waals surface area contributed by atoms with Crippen molar-refractivity contribution >= 4 is 0 Å². The molecule has 1 aliphatic rings. The van der Waals surface area contributed by atoms with Gasteiger partial charge in [0.15, 0.2) is 0 Å². The molecule has 1 heterocycles. The summed E-state index contributed by atoms with van der Waals surface area (Å²) in [5, 5.41) is 3.19. The van der Waals surface area contributed by atoms with Gasteiger partial charge in [-0.25, -0.2) is 0 Å². The second-order valence-electron chi connectivity index (χ2n) is 4.36. The molecule has 90 valence electrons. The highest BCUT2D eigenvalue weighted by molar-refractivity contribution is 4.65. The van der Waals surface area contributed by atoms with E-state index in [-0.39, 0.29) is 0 Å². The molecule has 1 saturated heterocycles. The van der Waals surface area contributed by atoms with Crippen LogP contribution in [0.5, 0.6) is 0 Å². The van der Waals surface area contributed by atoms with Gasteiger partial charge in [0, 0.05) is 26.4 Å². The van der Waals surface area contributed by atoms with Crippen molar-refractivity contribution in [1.29, 1.82) is 0 Å². The number of hydrogen-bond donors (Lipinski definition) is 1. The normalized spacial score (nSPS) is 20.4. The fraction of sp³-hybridized carbons (Fsp3) is 1.00. The van der Waals surface area contributed by atoms with E-state index in [1.807, 2.05) is 7.05 Å². The van der Waals surface area contributed by atoms with Crippen molar-refractivity contribution in [2.75, 3.05) is 33.4 Å². The van der Waals surface area contributed by atoms with Gasteiger partial charge in [-0.1, -0.05) is 13.3 Å². The van der Waals surface area contributed by atoms with Gasteiger partial charge in [0.1, 0.15) is 0 Å². The van der Waals surface area contributed by atoms with Crippen LogP contribution in [0.2, 0.25) is 0 Å². The van der Waals surface area contributed by atoms with Crippen molar-refractivity contribution in [2.45, 2.75) is 38.7 Å². The summed E-state index contributed by atoms with van der Waals surface area (Å²) in [7, 11) is 1.99. The highest BCUT2D eigenvalue weighted by Crippen LogP contribution is 2.16. The molecule has 0 bridgehead atoms. The van der Waals surface area contributed by atoms with Gasteiger partial charge in [-0.15, -0.1) is 0 Å². The summed E-state index contributed by atoms with van der Waals surface area (Å²) in [5.74, 6) is 0.718. The van der Waals surface area contributed by atoms with E-state index in [1.54, 1.807) is 0 Å². The van der Waals surface area contributed by atoms with E-state index in [1.165, 1.54) is 19.3 Å². The SMILES string of the molecule is CCCC(CNC)OCC1CCOCC1. The Bertz CT molecular complexity index is 141. The van der Waals surface area contributed by atoms with Gasteiger partial charge in [-0.3, -0.25) is 0 Å². The Labute approximate surface area is 93.5 Å². The Balaban J connectivity index is 2.13. The molecular weight excluding hydrogens is 190 g/mol. The van der Waals surface area contributed by atoms with E-state index in [9.17, 15) is 0 Å². The first kappa shape index (κ1) is 12.9. The predicted molar refractivity (Wildman–Crippen MR) is 62.1 cm³/mol. The van der Waals surface area contributed by atoms with Crippen molar-refractivity contribution in [3.63, 3.8) is 0 Å². The predicted octanol–water partition coefficient (Wildman–Crippen LogP) is 1.82. The van der Waals surface area contributed by atoms with Crippen LogP contribution in [-0.2, 0) is 9.47 Å². The maximum atomic E-state index is 5.94. The summed E-state index contributed by atoms with van der Waals surface area (Å²) >= 11 is 0. The van der Waals surface area contributed by atoms with Crippen molar-refractivity contribution in [3.05, 3.63) is 0 Å². The van der Waals surface area contributed by atoms with Gasteiger partial charge in [0.25, 0.3) is 0 Å². The Morgan fingerprint density at radius 3 is 2.73 bits per heavy atom. The van der Waals surface area contributed by atoms with E-state index in [2.05, 4.69) is 12.2 Å². The van der Waals surface area contributed by atoms with Crippen LogP contribution in [0.1, 0.15) is 32.6 Å². The van der Waals surface area contributed by atoms with Crippen LogP contribution >= 0.6 is 0 Å². The number of likely N-dealkylation sites (N-methyl/N-ethyl adjacent to an activating group) is 1. The second kappa shape index (κ2) is 8.08. The quantitative estimate of drug-likeness (QED) is 0.702. The highest BCUT2D eigenvalue weighted by atomic mass is 16.5. The van der Waals surface area contributed by atoms with E-state index in [0.717, 1.165) is 38.7 Å². The first-order chi connectivity index (χ1) is 7.36. The van der Waals surface area contributed by atoms with Crippen LogP contribution in [0.25, 0.3) is 0 Å². The number of hydrogen-bond acceptors (Lipinski definition) is 3. The van der Waals surface area contributed by atoms with Gasteiger partial charge in [0.2, 0.25) is 0 Å². The summed E-state index contributed by atoms with van der Waals surface area (Å²) in [6, 6.07) is 0. The molecular formula is C12H25NO2. The molecule has 3 nitrogen and oxygen atoms in total. The minimum absolute atomic E-state index is 0.392. The van der Waals surface area contributed by atoms with Crippen molar-refractivity contribution in [3.8, 4) is 0 Å². The highest BCUT2D eigenvalue weighted by Gasteiger charge is 2.16. The largest absolute Gasteiger partial charge is 0.381 e. The standard InChI is InChI=1S/C12H25NO2/c1-3-4-12(9-13-2)15-10-11-5-7-14-8-6-11/h11-13H,3-10H2,1-2H3. The minimum Gasteiger partial charge on any atom is -0.381 e. The summed E-state index contributed by atoms with van der Waals surface area (Å²) in [6.07, 6.45) is 5.07. The van der Waals surface area contributed by atoms with Crippen LogP contribution in [-0.4, -0.2) is 39.5 Å². The smallest absolute Gasteiger partial charge is 0.0699 e. The third-order valence-electron chi connectivity index (χ3n) is 2.95. The van der Waals surface area contributed by atoms with E-state index >= 15 is 0 Å². The van der Waals surface area contributed by atoms with E-state index in [4.69, 9.17) is 9.47 Å². The fourth-order valence-corrected chi connectivity index (χ4v) is 1.98. The molecule has 0 saturated carbocycles. The summed E-state index contributed by atoms with van der Waals surface area (Å²) < 4.78 is 11.3. The van der Waals surface area contributed by atoms with Crippen LogP contribution < -0.4 is 5.32 Å². The molecule has 0 aliphatic carbocycles. The molecule has 0 spiro atoms. The third kappa shape index (κ3) is 5.50. The minimum atomic E-state index is 0.392. The topological polar surface area (TPSA) is 30.5 Å². The summed E-state index contributed by atoms with van der Waals surface area (Å²) in [4.78, 5) is 0. The lowest BCUT2D eigenvalue weighted by molar-refractivity contribution is -0.0126. The Morgan fingerprint density at radius 2 is 2.13 bits per heavy atom. The van der Waals surface area contributed by atoms with Crippen LogP contribution in [0, 0.1) is 5.92 Å². The lowest BCUT2D eigenvalue weighted by Gasteiger charge is -2.25. The van der Waals surface area contributed by atoms with Crippen molar-refractivity contribution in [1.82, 2.24) is 5.32 Å². The van der Waals surface area contributed by atoms with Gasteiger partial charge < -0.3 is 14.8 Å². The molecule has 0 aromatic rings. The molecule has 3 heteroatoms. The van der Waals surface area contributed by atoms with E-state index in [0.29, 0.717) is 6.10 Å². The Kier molecular flexibility index (Phi) is 6.98. The molecule has 0 radical (unpaired) electrons. The Hall–Kier alpha value is -0.120. The molecule has 1 unspecified atom stereocenters. The molecule has 0 amide bonds. The summed E-state index contributed by atoms with van der Waals surface area (Å²) in [5.41, 5.74) is 0. The molecule has 1 atom stereocenters. The van der Waals surface area contributed by atoms with Gasteiger partial charge in [-0.2, -0.15) is 0 Å². The van der Waals surface area contributed by atoms with E-state index < -0.39 is 0 Å². The maximum absolute atomic E-state index is 5.94. The average Bonchev–Trinajstić information content (AvgIpc) is 2.28. The number of ether oxygens (including phenoxy) is 2. The maximum Gasteiger partial charge on any atom is 0.0699 e. The van der Waals surface area contributed by atoms with Crippen LogP contribution in [0.15, 0.2) is 0 Å². The molecule has 1 N–H and O–H groups in total. The zero-order valence-corrected chi connectivity index (χ0v) is 10.1. The first-order valence-electron chi connectivity index (χ1n) is 6.20. The van der Waals surface area contributed by atoms with Gasteiger partial charge in [0.05, 0.1) is 6.10 Å². The number of nitrogens with one attached hydrogen (secondary N) is 1. The third-order valence-corrected chi connectivity index (χ3v) is 2.95. The number of rotatable bonds is 7. The lowest BCUT2D eigenvalue weighted by atomic mass is 10.0. The zero-order valence-electron chi connectivity index (χ0n) is 10.1. The second-order valence-corrected chi connectivity index (χ2v) is 4.36. The van der Waals surface area contributed by atoms with Gasteiger partial charge >= 0.3 is 0 Å². The van der Waals surface area contributed by atoms with Crippen LogP contribution in [0.3, 0.4) is 0 Å². The molecule has 0 aromatic heterocycles. The van der Waals surface area contributed by atoms with Crippen molar-refractivity contribution < 1.29 is 9.47 Å².